The highest BCUT2D eigenvalue weighted by Crippen LogP contribution is 2.26. The number of anilines is 1. The van der Waals surface area contributed by atoms with Crippen LogP contribution < -0.4 is 5.32 Å². The van der Waals surface area contributed by atoms with Crippen molar-refractivity contribution >= 4 is 61.7 Å². The Labute approximate surface area is 132 Å². The molecule has 0 saturated carbocycles. The van der Waals surface area contributed by atoms with Gasteiger partial charge >= 0.3 is 0 Å². The molecular weight excluding hydrogens is 428 g/mol. The SMILES string of the molecule is O=C(Nc1cc(Cl)ccc1Br)c1ccc(I)cc1. The van der Waals surface area contributed by atoms with Crippen LogP contribution in [0.25, 0.3) is 0 Å². The van der Waals surface area contributed by atoms with E-state index in [9.17, 15) is 4.79 Å². The van der Waals surface area contributed by atoms with Gasteiger partial charge in [-0.3, -0.25) is 4.79 Å². The normalized spacial score (nSPS) is 10.2. The van der Waals surface area contributed by atoms with Crippen molar-refractivity contribution in [2.24, 2.45) is 0 Å². The van der Waals surface area contributed by atoms with E-state index in [1.807, 2.05) is 12.1 Å². The maximum Gasteiger partial charge on any atom is 0.255 e. The lowest BCUT2D eigenvalue weighted by Gasteiger charge is -2.08. The average Bonchev–Trinajstić information content (AvgIpc) is 2.34. The van der Waals surface area contributed by atoms with Gasteiger partial charge in [0.25, 0.3) is 5.91 Å². The summed E-state index contributed by atoms with van der Waals surface area (Å²) >= 11 is 11.5. The van der Waals surface area contributed by atoms with Crippen LogP contribution in [-0.4, -0.2) is 5.91 Å². The second-order valence-corrected chi connectivity index (χ2v) is 6.12. The summed E-state index contributed by atoms with van der Waals surface area (Å²) in [5, 5.41) is 3.39. The zero-order valence-corrected chi connectivity index (χ0v) is 13.6. The quantitative estimate of drug-likeness (QED) is 0.663. The van der Waals surface area contributed by atoms with Crippen molar-refractivity contribution in [2.75, 3.05) is 5.32 Å². The second-order valence-electron chi connectivity index (χ2n) is 3.59. The third kappa shape index (κ3) is 3.46. The lowest BCUT2D eigenvalue weighted by Crippen LogP contribution is -2.12. The third-order valence-corrected chi connectivity index (χ3v) is 3.93. The predicted molar refractivity (Wildman–Crippen MR) is 86.3 cm³/mol. The predicted octanol–water partition coefficient (Wildman–Crippen LogP) is 4.96. The maximum absolute atomic E-state index is 12.0. The van der Waals surface area contributed by atoms with E-state index >= 15 is 0 Å². The number of hydrogen-bond acceptors (Lipinski definition) is 1. The highest BCUT2D eigenvalue weighted by atomic mass is 127. The number of benzene rings is 2. The minimum absolute atomic E-state index is 0.158. The Morgan fingerprint density at radius 3 is 2.50 bits per heavy atom. The van der Waals surface area contributed by atoms with Crippen molar-refractivity contribution in [1.29, 1.82) is 0 Å². The van der Waals surface area contributed by atoms with Crippen LogP contribution >= 0.6 is 50.1 Å². The van der Waals surface area contributed by atoms with Crippen LogP contribution in [0.15, 0.2) is 46.9 Å². The monoisotopic (exact) mass is 435 g/mol. The van der Waals surface area contributed by atoms with E-state index in [0.717, 1.165) is 8.04 Å². The molecule has 0 bridgehead atoms. The molecule has 0 aliphatic rings. The zero-order valence-electron chi connectivity index (χ0n) is 9.08. The van der Waals surface area contributed by atoms with Crippen LogP contribution in [0.5, 0.6) is 0 Å². The molecule has 2 aromatic carbocycles. The van der Waals surface area contributed by atoms with Crippen LogP contribution in [0.4, 0.5) is 5.69 Å². The van der Waals surface area contributed by atoms with Crippen molar-refractivity contribution in [3.05, 3.63) is 61.1 Å². The molecule has 0 aliphatic carbocycles. The summed E-state index contributed by atoms with van der Waals surface area (Å²) in [4.78, 5) is 12.0. The molecule has 5 heteroatoms. The Morgan fingerprint density at radius 1 is 1.17 bits per heavy atom. The van der Waals surface area contributed by atoms with E-state index in [0.29, 0.717) is 16.3 Å². The average molecular weight is 436 g/mol. The molecule has 18 heavy (non-hydrogen) atoms. The fourth-order valence-corrected chi connectivity index (χ4v) is 2.27. The molecule has 0 heterocycles. The van der Waals surface area contributed by atoms with Gasteiger partial charge in [0, 0.05) is 18.6 Å². The van der Waals surface area contributed by atoms with Gasteiger partial charge in [-0.2, -0.15) is 0 Å². The minimum Gasteiger partial charge on any atom is -0.321 e. The molecule has 0 fully saturated rings. The molecule has 0 aromatic heterocycles. The van der Waals surface area contributed by atoms with Gasteiger partial charge in [0.15, 0.2) is 0 Å². The van der Waals surface area contributed by atoms with Crippen LogP contribution in [0.3, 0.4) is 0 Å². The van der Waals surface area contributed by atoms with Crippen LogP contribution in [0, 0.1) is 3.57 Å². The first-order valence-electron chi connectivity index (χ1n) is 5.08. The Hall–Kier alpha value is -0.590. The third-order valence-electron chi connectivity index (χ3n) is 2.28. The van der Waals surface area contributed by atoms with Crippen molar-refractivity contribution in [3.63, 3.8) is 0 Å². The summed E-state index contributed by atoms with van der Waals surface area (Å²) in [5.74, 6) is -0.158. The molecule has 0 spiro atoms. The number of hydrogen-bond donors (Lipinski definition) is 1. The number of nitrogens with one attached hydrogen (secondary N) is 1. The smallest absolute Gasteiger partial charge is 0.255 e. The summed E-state index contributed by atoms with van der Waals surface area (Å²) < 4.78 is 1.89. The number of rotatable bonds is 2. The molecule has 2 aromatic rings. The molecule has 1 N–H and O–H groups in total. The Balaban J connectivity index is 2.21. The van der Waals surface area contributed by atoms with Gasteiger partial charge in [0.05, 0.1) is 5.69 Å². The molecule has 0 saturated heterocycles. The Bertz CT molecular complexity index is 586. The molecule has 0 radical (unpaired) electrons. The summed E-state index contributed by atoms with van der Waals surface area (Å²) in [5.41, 5.74) is 1.27. The molecule has 0 aliphatic heterocycles. The van der Waals surface area contributed by atoms with E-state index in [4.69, 9.17) is 11.6 Å². The molecular formula is C13H8BrClINO. The van der Waals surface area contributed by atoms with Gasteiger partial charge < -0.3 is 5.32 Å². The largest absolute Gasteiger partial charge is 0.321 e. The molecule has 0 atom stereocenters. The number of carbonyl (C=O) groups is 1. The molecule has 2 nitrogen and oxygen atoms in total. The maximum atomic E-state index is 12.0. The van der Waals surface area contributed by atoms with Gasteiger partial charge in [0.1, 0.15) is 0 Å². The fraction of sp³-hybridized carbons (Fsp3) is 0. The van der Waals surface area contributed by atoms with Crippen LogP contribution in [0.2, 0.25) is 5.02 Å². The number of carbonyl (C=O) groups excluding carboxylic acids is 1. The molecule has 92 valence electrons. The highest BCUT2D eigenvalue weighted by Gasteiger charge is 2.08. The van der Waals surface area contributed by atoms with Crippen molar-refractivity contribution in [3.8, 4) is 0 Å². The summed E-state index contributed by atoms with van der Waals surface area (Å²) in [6, 6.07) is 12.6. The second kappa shape index (κ2) is 6.04. The van der Waals surface area contributed by atoms with E-state index in [1.165, 1.54) is 0 Å². The van der Waals surface area contributed by atoms with Gasteiger partial charge in [-0.25, -0.2) is 0 Å². The Morgan fingerprint density at radius 2 is 1.83 bits per heavy atom. The minimum atomic E-state index is -0.158. The van der Waals surface area contributed by atoms with Crippen LogP contribution in [0.1, 0.15) is 10.4 Å². The fourth-order valence-electron chi connectivity index (χ4n) is 1.39. The number of amides is 1. The van der Waals surface area contributed by atoms with E-state index in [-0.39, 0.29) is 5.91 Å². The first-order valence-corrected chi connectivity index (χ1v) is 7.33. The van der Waals surface area contributed by atoms with E-state index < -0.39 is 0 Å². The van der Waals surface area contributed by atoms with Crippen LogP contribution in [-0.2, 0) is 0 Å². The summed E-state index contributed by atoms with van der Waals surface area (Å²) in [6.45, 7) is 0. The summed E-state index contributed by atoms with van der Waals surface area (Å²) in [7, 11) is 0. The standard InChI is InChI=1S/C13H8BrClINO/c14-11-6-3-9(15)7-12(11)17-13(18)8-1-4-10(16)5-2-8/h1-7H,(H,17,18). The summed E-state index contributed by atoms with van der Waals surface area (Å²) in [6.07, 6.45) is 0. The first-order chi connectivity index (χ1) is 8.56. The molecule has 1 amide bonds. The molecule has 2 rings (SSSR count). The van der Waals surface area contributed by atoms with E-state index in [2.05, 4.69) is 43.8 Å². The zero-order chi connectivity index (χ0) is 13.1. The van der Waals surface area contributed by atoms with Gasteiger partial charge in [0.2, 0.25) is 0 Å². The van der Waals surface area contributed by atoms with Crippen molar-refractivity contribution in [1.82, 2.24) is 0 Å². The topological polar surface area (TPSA) is 29.1 Å². The van der Waals surface area contributed by atoms with Gasteiger partial charge in [-0.1, -0.05) is 11.6 Å². The first kappa shape index (κ1) is 13.8. The van der Waals surface area contributed by atoms with Gasteiger partial charge in [-0.15, -0.1) is 0 Å². The van der Waals surface area contributed by atoms with Gasteiger partial charge in [-0.05, 0) is 81.0 Å². The lowest BCUT2D eigenvalue weighted by atomic mass is 10.2. The van der Waals surface area contributed by atoms with Crippen molar-refractivity contribution in [2.45, 2.75) is 0 Å². The van der Waals surface area contributed by atoms with E-state index in [1.54, 1.807) is 30.3 Å². The molecule has 0 unspecified atom stereocenters. The lowest BCUT2D eigenvalue weighted by molar-refractivity contribution is 0.102. The highest BCUT2D eigenvalue weighted by molar-refractivity contribution is 14.1. The Kier molecular flexibility index (Phi) is 4.64. The van der Waals surface area contributed by atoms with Crippen molar-refractivity contribution < 1.29 is 4.79 Å². The number of halogens is 3.